The number of fused-ring (bicyclic) bond motifs is 1. The minimum absolute atomic E-state index is 0.341. The lowest BCUT2D eigenvalue weighted by Gasteiger charge is -2.27. The molecule has 4 aromatic carbocycles. The standard InChI is InChI=1S/C29H19ClO2/c30-23-17-15-22(16-18-23)28-27(24-13-7-8-14-25(24)29(31)32-28)19-26(20-9-3-1-4-10-20)21-11-5-2-6-12-21/h1-18,28H. The predicted molar refractivity (Wildman–Crippen MR) is 128 cm³/mol. The molecule has 0 aromatic heterocycles. The second-order valence-corrected chi connectivity index (χ2v) is 7.96. The molecule has 0 aliphatic carbocycles. The molecule has 2 nitrogen and oxygen atoms in total. The average molecular weight is 435 g/mol. The first-order valence-electron chi connectivity index (χ1n) is 10.4. The molecule has 3 heteroatoms. The summed E-state index contributed by atoms with van der Waals surface area (Å²) in [5.74, 6) is -0.341. The molecular formula is C29H19ClO2. The molecule has 0 fully saturated rings. The van der Waals surface area contributed by atoms with Crippen LogP contribution in [0.2, 0.25) is 5.02 Å². The zero-order valence-electron chi connectivity index (χ0n) is 17.2. The summed E-state index contributed by atoms with van der Waals surface area (Å²) in [6.07, 6.45) is -0.586. The highest BCUT2D eigenvalue weighted by Crippen LogP contribution is 2.40. The van der Waals surface area contributed by atoms with E-state index in [1.807, 2.05) is 78.9 Å². The number of esters is 1. The summed E-state index contributed by atoms with van der Waals surface area (Å²) in [7, 11) is 0. The van der Waals surface area contributed by atoms with Gasteiger partial charge in [0.15, 0.2) is 6.10 Å². The fraction of sp³-hybridized carbons (Fsp3) is 0.0345. The summed E-state index contributed by atoms with van der Waals surface area (Å²) in [6, 6.07) is 35.2. The highest BCUT2D eigenvalue weighted by molar-refractivity contribution is 6.30. The van der Waals surface area contributed by atoms with Crippen molar-refractivity contribution in [1.82, 2.24) is 0 Å². The maximum atomic E-state index is 12.8. The lowest BCUT2D eigenvalue weighted by Crippen LogP contribution is -2.20. The van der Waals surface area contributed by atoms with Gasteiger partial charge in [-0.05, 0) is 34.9 Å². The molecule has 0 bridgehead atoms. The smallest absolute Gasteiger partial charge is 0.339 e. The van der Waals surface area contributed by atoms with Crippen molar-refractivity contribution in [3.05, 3.63) is 148 Å². The van der Waals surface area contributed by atoms with Crippen LogP contribution in [0.3, 0.4) is 0 Å². The van der Waals surface area contributed by atoms with Gasteiger partial charge in [0.1, 0.15) is 0 Å². The topological polar surface area (TPSA) is 26.3 Å². The number of carbonyl (C=O) groups is 1. The number of ether oxygens (including phenoxy) is 1. The molecule has 32 heavy (non-hydrogen) atoms. The maximum Gasteiger partial charge on any atom is 0.339 e. The number of hydrogen-bond acceptors (Lipinski definition) is 2. The van der Waals surface area contributed by atoms with Crippen molar-refractivity contribution in [2.45, 2.75) is 6.10 Å². The van der Waals surface area contributed by atoms with Gasteiger partial charge in [-0.15, -0.1) is 5.73 Å². The van der Waals surface area contributed by atoms with Crippen molar-refractivity contribution < 1.29 is 9.53 Å². The van der Waals surface area contributed by atoms with E-state index in [0.29, 0.717) is 10.6 Å². The second kappa shape index (κ2) is 8.72. The molecule has 5 rings (SSSR count). The third-order valence-electron chi connectivity index (χ3n) is 5.48. The van der Waals surface area contributed by atoms with E-state index in [-0.39, 0.29) is 5.97 Å². The summed E-state index contributed by atoms with van der Waals surface area (Å²) in [5.41, 5.74) is 9.69. The van der Waals surface area contributed by atoms with E-state index < -0.39 is 6.10 Å². The van der Waals surface area contributed by atoms with Crippen molar-refractivity contribution in [2.24, 2.45) is 0 Å². The normalized spacial score (nSPS) is 14.8. The molecule has 0 spiro atoms. The summed E-state index contributed by atoms with van der Waals surface area (Å²) >= 11 is 6.11. The first-order chi connectivity index (χ1) is 15.7. The van der Waals surface area contributed by atoms with E-state index in [4.69, 9.17) is 16.3 Å². The molecule has 1 unspecified atom stereocenters. The van der Waals surface area contributed by atoms with Crippen LogP contribution in [0, 0.1) is 0 Å². The van der Waals surface area contributed by atoms with Gasteiger partial charge in [0.05, 0.1) is 5.56 Å². The van der Waals surface area contributed by atoms with Crippen LogP contribution < -0.4 is 0 Å². The molecule has 1 heterocycles. The minimum atomic E-state index is -0.586. The van der Waals surface area contributed by atoms with Gasteiger partial charge in [-0.1, -0.05) is 103 Å². The second-order valence-electron chi connectivity index (χ2n) is 7.53. The van der Waals surface area contributed by atoms with Gasteiger partial charge in [0, 0.05) is 21.7 Å². The molecule has 1 aliphatic heterocycles. The Labute approximate surface area is 192 Å². The number of cyclic esters (lactones) is 1. The third kappa shape index (κ3) is 3.90. The van der Waals surface area contributed by atoms with E-state index in [1.54, 1.807) is 6.07 Å². The van der Waals surface area contributed by atoms with Gasteiger partial charge >= 0.3 is 5.97 Å². The Morgan fingerprint density at radius 3 is 1.81 bits per heavy atom. The molecule has 0 N–H and O–H groups in total. The van der Waals surface area contributed by atoms with E-state index in [0.717, 1.165) is 33.4 Å². The quantitative estimate of drug-likeness (QED) is 0.248. The molecule has 154 valence electrons. The van der Waals surface area contributed by atoms with E-state index in [1.165, 1.54) is 0 Å². The van der Waals surface area contributed by atoms with Crippen LogP contribution in [0.5, 0.6) is 0 Å². The average Bonchev–Trinajstić information content (AvgIpc) is 2.85. The lowest BCUT2D eigenvalue weighted by molar-refractivity contribution is 0.0388. The zero-order valence-corrected chi connectivity index (χ0v) is 17.9. The fourth-order valence-corrected chi connectivity index (χ4v) is 4.05. The monoisotopic (exact) mass is 434 g/mol. The van der Waals surface area contributed by atoms with E-state index >= 15 is 0 Å². The van der Waals surface area contributed by atoms with Crippen molar-refractivity contribution in [3.63, 3.8) is 0 Å². The van der Waals surface area contributed by atoms with Gasteiger partial charge in [-0.2, -0.15) is 0 Å². The summed E-state index contributed by atoms with van der Waals surface area (Å²) < 4.78 is 5.93. The first kappa shape index (κ1) is 20.1. The Balaban J connectivity index is 1.83. The SMILES string of the molecule is O=C1OC(c2ccc(Cl)cc2)C(=C=C(c2ccccc2)c2ccccc2)c2ccccc21. The number of halogens is 1. The van der Waals surface area contributed by atoms with Crippen LogP contribution in [-0.2, 0) is 4.74 Å². The molecule has 0 radical (unpaired) electrons. The minimum Gasteiger partial charge on any atom is -0.448 e. The molecule has 1 atom stereocenters. The van der Waals surface area contributed by atoms with Gasteiger partial charge in [0.25, 0.3) is 0 Å². The van der Waals surface area contributed by atoms with Crippen LogP contribution in [0.4, 0.5) is 0 Å². The van der Waals surface area contributed by atoms with Crippen molar-refractivity contribution in [3.8, 4) is 0 Å². The van der Waals surface area contributed by atoms with Crippen LogP contribution in [0.25, 0.3) is 11.1 Å². The maximum absolute atomic E-state index is 12.8. The van der Waals surface area contributed by atoms with Crippen molar-refractivity contribution in [2.75, 3.05) is 0 Å². The predicted octanol–water partition coefficient (Wildman–Crippen LogP) is 7.37. The van der Waals surface area contributed by atoms with E-state index in [2.05, 4.69) is 30.0 Å². The van der Waals surface area contributed by atoms with Gasteiger partial charge in [0.2, 0.25) is 0 Å². The fourth-order valence-electron chi connectivity index (χ4n) is 3.93. The summed E-state index contributed by atoms with van der Waals surface area (Å²) in [5, 5.41) is 0.631. The van der Waals surface area contributed by atoms with Crippen LogP contribution in [0.1, 0.15) is 38.7 Å². The van der Waals surface area contributed by atoms with Crippen LogP contribution in [-0.4, -0.2) is 5.97 Å². The molecule has 0 saturated carbocycles. The highest BCUT2D eigenvalue weighted by Gasteiger charge is 2.32. The first-order valence-corrected chi connectivity index (χ1v) is 10.8. The summed E-state index contributed by atoms with van der Waals surface area (Å²) in [4.78, 5) is 12.8. The molecule has 0 saturated heterocycles. The van der Waals surface area contributed by atoms with Crippen LogP contribution >= 0.6 is 11.6 Å². The third-order valence-corrected chi connectivity index (χ3v) is 5.73. The Bertz CT molecular complexity index is 1290. The van der Waals surface area contributed by atoms with Crippen molar-refractivity contribution >= 4 is 28.7 Å². The van der Waals surface area contributed by atoms with Crippen molar-refractivity contribution in [1.29, 1.82) is 0 Å². The highest BCUT2D eigenvalue weighted by atomic mass is 35.5. The Hall–Kier alpha value is -3.84. The van der Waals surface area contributed by atoms with Gasteiger partial charge in [-0.25, -0.2) is 4.79 Å². The number of benzene rings is 4. The molecule has 4 aromatic rings. The molecular weight excluding hydrogens is 416 g/mol. The molecule has 1 aliphatic rings. The van der Waals surface area contributed by atoms with Gasteiger partial charge < -0.3 is 4.74 Å². The number of carbonyl (C=O) groups excluding carboxylic acids is 1. The Morgan fingerprint density at radius 1 is 0.688 bits per heavy atom. The number of hydrogen-bond donors (Lipinski definition) is 0. The van der Waals surface area contributed by atoms with Crippen LogP contribution in [0.15, 0.2) is 115 Å². The largest absolute Gasteiger partial charge is 0.448 e. The Morgan fingerprint density at radius 2 is 1.22 bits per heavy atom. The summed E-state index contributed by atoms with van der Waals surface area (Å²) in [6.45, 7) is 0. The lowest BCUT2D eigenvalue weighted by atomic mass is 9.88. The number of rotatable bonds is 3. The Kier molecular flexibility index (Phi) is 5.47. The zero-order chi connectivity index (χ0) is 21.9. The van der Waals surface area contributed by atoms with Gasteiger partial charge in [-0.3, -0.25) is 0 Å². The van der Waals surface area contributed by atoms with E-state index in [9.17, 15) is 4.79 Å². The molecule has 0 amide bonds.